The highest BCUT2D eigenvalue weighted by Crippen LogP contribution is 2.10. The monoisotopic (exact) mass is 414 g/mol. The van der Waals surface area contributed by atoms with Crippen LogP contribution in [0.4, 0.5) is 0 Å². The fourth-order valence-electron chi connectivity index (χ4n) is 3.00. The van der Waals surface area contributed by atoms with E-state index >= 15 is 0 Å². The van der Waals surface area contributed by atoms with Crippen molar-refractivity contribution in [3.8, 4) is 5.75 Å². The van der Waals surface area contributed by atoms with Crippen molar-refractivity contribution in [1.82, 2.24) is 29.3 Å². The van der Waals surface area contributed by atoms with Crippen molar-refractivity contribution in [3.63, 3.8) is 0 Å². The average molecular weight is 414 g/mol. The van der Waals surface area contributed by atoms with Crippen LogP contribution >= 0.6 is 0 Å². The normalized spacial score (nSPS) is 10.9. The summed E-state index contributed by atoms with van der Waals surface area (Å²) in [7, 11) is 3.12. The van der Waals surface area contributed by atoms with Gasteiger partial charge >= 0.3 is 5.69 Å². The average Bonchev–Trinajstić information content (AvgIpc) is 3.11. The Balaban J connectivity index is 1.53. The maximum absolute atomic E-state index is 12.6. The zero-order chi connectivity index (χ0) is 21.8. The van der Waals surface area contributed by atoms with Crippen molar-refractivity contribution < 1.29 is 14.7 Å². The number of aromatic nitrogens is 4. The van der Waals surface area contributed by atoms with Gasteiger partial charge < -0.3 is 20.3 Å². The van der Waals surface area contributed by atoms with Gasteiger partial charge in [0.15, 0.2) is 11.2 Å². The van der Waals surface area contributed by atoms with E-state index in [-0.39, 0.29) is 29.4 Å². The predicted molar refractivity (Wildman–Crippen MR) is 108 cm³/mol. The Kier molecular flexibility index (Phi) is 6.00. The topological polar surface area (TPSA) is 140 Å². The highest BCUT2D eigenvalue weighted by molar-refractivity contribution is 5.94. The van der Waals surface area contributed by atoms with Crippen LogP contribution in [0.2, 0.25) is 0 Å². The number of nitrogens with zero attached hydrogens (tertiary/aromatic N) is 4. The number of carbonyl (C=O) groups is 2. The molecule has 11 heteroatoms. The SMILES string of the molecule is Cn1cnc2c1c(=O)n(CC(=O)NCCCNC(=O)c1cccc(O)c1)c(=O)n2C. The van der Waals surface area contributed by atoms with Crippen molar-refractivity contribution in [2.24, 2.45) is 14.1 Å². The molecule has 0 saturated carbocycles. The summed E-state index contributed by atoms with van der Waals surface area (Å²) in [5.41, 5.74) is -0.382. The summed E-state index contributed by atoms with van der Waals surface area (Å²) in [5, 5.41) is 14.7. The summed E-state index contributed by atoms with van der Waals surface area (Å²) >= 11 is 0. The van der Waals surface area contributed by atoms with Gasteiger partial charge in [-0.05, 0) is 24.6 Å². The number of phenolic OH excluding ortho intramolecular Hbond substituents is 1. The molecule has 158 valence electrons. The number of aryl methyl sites for hydroxylation is 2. The summed E-state index contributed by atoms with van der Waals surface area (Å²) in [4.78, 5) is 53.1. The zero-order valence-corrected chi connectivity index (χ0v) is 16.6. The number of fused-ring (bicyclic) bond motifs is 1. The van der Waals surface area contributed by atoms with Gasteiger partial charge in [-0.3, -0.25) is 19.0 Å². The van der Waals surface area contributed by atoms with E-state index in [0.29, 0.717) is 18.5 Å². The summed E-state index contributed by atoms with van der Waals surface area (Å²) in [6, 6.07) is 5.97. The van der Waals surface area contributed by atoms with Crippen LogP contribution in [-0.2, 0) is 25.4 Å². The molecule has 0 bridgehead atoms. The van der Waals surface area contributed by atoms with Gasteiger partial charge in [0, 0.05) is 32.7 Å². The number of carbonyl (C=O) groups excluding carboxylic acids is 2. The van der Waals surface area contributed by atoms with Crippen LogP contribution in [0.1, 0.15) is 16.8 Å². The van der Waals surface area contributed by atoms with Gasteiger partial charge in [0.05, 0.1) is 6.33 Å². The van der Waals surface area contributed by atoms with E-state index < -0.39 is 23.7 Å². The number of hydrogen-bond donors (Lipinski definition) is 3. The van der Waals surface area contributed by atoms with E-state index in [2.05, 4.69) is 15.6 Å². The first kappa shape index (κ1) is 20.8. The Hall–Kier alpha value is -3.89. The lowest BCUT2D eigenvalue weighted by Gasteiger charge is -2.10. The highest BCUT2D eigenvalue weighted by Gasteiger charge is 2.16. The summed E-state index contributed by atoms with van der Waals surface area (Å²) in [5.74, 6) is -0.826. The van der Waals surface area contributed by atoms with Crippen LogP contribution in [-0.4, -0.2) is 48.7 Å². The van der Waals surface area contributed by atoms with Gasteiger partial charge in [-0.25, -0.2) is 14.3 Å². The van der Waals surface area contributed by atoms with Crippen LogP contribution in [0.5, 0.6) is 5.75 Å². The number of phenols is 1. The van der Waals surface area contributed by atoms with Gasteiger partial charge in [0.2, 0.25) is 5.91 Å². The lowest BCUT2D eigenvalue weighted by molar-refractivity contribution is -0.121. The second-order valence-electron chi connectivity index (χ2n) is 6.77. The third kappa shape index (κ3) is 4.24. The molecule has 11 nitrogen and oxygen atoms in total. The Morgan fingerprint density at radius 1 is 1.13 bits per heavy atom. The van der Waals surface area contributed by atoms with E-state index in [1.54, 1.807) is 19.2 Å². The minimum atomic E-state index is -0.625. The largest absolute Gasteiger partial charge is 0.508 e. The molecule has 0 fully saturated rings. The number of rotatable bonds is 7. The minimum absolute atomic E-state index is 0.000564. The maximum atomic E-state index is 12.6. The van der Waals surface area contributed by atoms with Gasteiger partial charge in [0.1, 0.15) is 12.3 Å². The van der Waals surface area contributed by atoms with Crippen molar-refractivity contribution in [2.45, 2.75) is 13.0 Å². The summed E-state index contributed by atoms with van der Waals surface area (Å²) in [6.07, 6.45) is 1.88. The fourth-order valence-corrected chi connectivity index (χ4v) is 3.00. The maximum Gasteiger partial charge on any atom is 0.332 e. The van der Waals surface area contributed by atoms with E-state index in [0.717, 1.165) is 4.57 Å². The number of imidazole rings is 1. The molecule has 3 N–H and O–H groups in total. The molecule has 0 atom stereocenters. The molecule has 0 saturated heterocycles. The Labute approximate surface area is 170 Å². The molecule has 2 amide bonds. The smallest absolute Gasteiger partial charge is 0.332 e. The first-order valence-corrected chi connectivity index (χ1v) is 9.24. The second-order valence-corrected chi connectivity index (χ2v) is 6.77. The van der Waals surface area contributed by atoms with E-state index in [4.69, 9.17) is 0 Å². The van der Waals surface area contributed by atoms with Crippen LogP contribution < -0.4 is 21.9 Å². The number of hydrogen-bond acceptors (Lipinski definition) is 6. The van der Waals surface area contributed by atoms with Gasteiger partial charge in [-0.15, -0.1) is 0 Å². The fraction of sp³-hybridized carbons (Fsp3) is 0.316. The third-order valence-corrected chi connectivity index (χ3v) is 4.57. The molecular weight excluding hydrogens is 392 g/mol. The van der Waals surface area contributed by atoms with Crippen molar-refractivity contribution >= 4 is 23.0 Å². The van der Waals surface area contributed by atoms with Crippen molar-refractivity contribution in [3.05, 3.63) is 57.0 Å². The molecule has 1 aromatic carbocycles. The predicted octanol–water partition coefficient (Wildman–Crippen LogP) is -0.924. The van der Waals surface area contributed by atoms with Crippen LogP contribution in [0.25, 0.3) is 11.2 Å². The molecule has 2 heterocycles. The molecule has 2 aromatic heterocycles. The van der Waals surface area contributed by atoms with E-state index in [1.807, 2.05) is 0 Å². The summed E-state index contributed by atoms with van der Waals surface area (Å²) in [6.45, 7) is 0.141. The number of amides is 2. The first-order chi connectivity index (χ1) is 14.3. The molecule has 0 aliphatic carbocycles. The first-order valence-electron chi connectivity index (χ1n) is 9.24. The molecule has 0 unspecified atom stereocenters. The summed E-state index contributed by atoms with van der Waals surface area (Å²) < 4.78 is 3.59. The molecule has 3 rings (SSSR count). The molecular formula is C19H22N6O5. The third-order valence-electron chi connectivity index (χ3n) is 4.57. The van der Waals surface area contributed by atoms with Crippen molar-refractivity contribution in [1.29, 1.82) is 0 Å². The van der Waals surface area contributed by atoms with Crippen molar-refractivity contribution in [2.75, 3.05) is 13.1 Å². The highest BCUT2D eigenvalue weighted by atomic mass is 16.3. The Morgan fingerprint density at radius 3 is 2.60 bits per heavy atom. The van der Waals surface area contributed by atoms with Crippen LogP contribution in [0.15, 0.2) is 40.2 Å². The quantitative estimate of drug-likeness (QED) is 0.427. The number of nitrogens with one attached hydrogen (secondary N) is 2. The van der Waals surface area contributed by atoms with Crippen LogP contribution in [0.3, 0.4) is 0 Å². The second kappa shape index (κ2) is 8.64. The Morgan fingerprint density at radius 2 is 1.87 bits per heavy atom. The van der Waals surface area contributed by atoms with Gasteiger partial charge in [-0.2, -0.15) is 0 Å². The van der Waals surface area contributed by atoms with E-state index in [1.165, 1.54) is 34.6 Å². The Bertz CT molecular complexity index is 1220. The van der Waals surface area contributed by atoms with Gasteiger partial charge in [0.25, 0.3) is 11.5 Å². The molecule has 0 aliphatic heterocycles. The molecule has 3 aromatic rings. The number of aromatic hydroxyl groups is 1. The van der Waals surface area contributed by atoms with E-state index in [9.17, 15) is 24.3 Å². The lowest BCUT2D eigenvalue weighted by atomic mass is 10.2. The zero-order valence-electron chi connectivity index (χ0n) is 16.6. The lowest BCUT2D eigenvalue weighted by Crippen LogP contribution is -2.43. The van der Waals surface area contributed by atoms with Gasteiger partial charge in [-0.1, -0.05) is 6.07 Å². The molecule has 30 heavy (non-hydrogen) atoms. The minimum Gasteiger partial charge on any atom is -0.508 e. The molecule has 0 radical (unpaired) electrons. The standard InChI is InChI=1S/C19H22N6O5/c1-23-11-22-16-15(23)18(29)25(19(30)24(16)2)10-14(27)20-7-4-8-21-17(28)12-5-3-6-13(26)9-12/h3,5-6,9,11,26H,4,7-8,10H2,1-2H3,(H,20,27)(H,21,28). The molecule has 0 spiro atoms. The molecule has 0 aliphatic rings. The van der Waals surface area contributed by atoms with Crippen LogP contribution in [0, 0.1) is 0 Å². The number of benzene rings is 1.